The Morgan fingerprint density at radius 2 is 0.947 bits per heavy atom. The quantitative estimate of drug-likeness (QED) is 0.205. The second kappa shape index (κ2) is 9.48. The second-order valence-electron chi connectivity index (χ2n) is 9.59. The fourth-order valence-corrected chi connectivity index (χ4v) is 5.83. The van der Waals surface area contributed by atoms with E-state index in [9.17, 15) is 0 Å². The third kappa shape index (κ3) is 4.04. The van der Waals surface area contributed by atoms with Gasteiger partial charge in [-0.05, 0) is 75.8 Å². The van der Waals surface area contributed by atoms with E-state index in [1.165, 1.54) is 55.2 Å². The van der Waals surface area contributed by atoms with Gasteiger partial charge in [0.25, 0.3) is 0 Å². The molecule has 0 spiro atoms. The van der Waals surface area contributed by atoms with Crippen LogP contribution in [0.2, 0.25) is 0 Å². The zero-order chi connectivity index (χ0) is 25.5. The van der Waals surface area contributed by atoms with Crippen LogP contribution in [0.5, 0.6) is 0 Å². The molecule has 0 N–H and O–H groups in total. The average molecular weight is 550 g/mol. The Balaban J connectivity index is 1.42. The maximum atomic E-state index is 3.61. The number of benzene rings is 6. The van der Waals surface area contributed by atoms with E-state index in [1.54, 1.807) is 0 Å². The van der Waals surface area contributed by atoms with Gasteiger partial charge in [-0.15, -0.1) is 0 Å². The van der Waals surface area contributed by atoms with E-state index >= 15 is 0 Å². The molecule has 0 saturated carbocycles. The standard InChI is InChI=1S/C36H24BrN/c37-31-15-7-13-28(22-31)26-11-6-12-27(21-26)30-19-20-34-33-17-4-5-18-35(33)38(36(34)24-30)32-16-8-14-29(23-32)25-9-2-1-3-10-25/h1-24H. The summed E-state index contributed by atoms with van der Waals surface area (Å²) < 4.78 is 3.49. The number of halogens is 1. The van der Waals surface area contributed by atoms with Gasteiger partial charge >= 0.3 is 0 Å². The van der Waals surface area contributed by atoms with Crippen LogP contribution in [0.25, 0.3) is 60.9 Å². The molecule has 1 aromatic heterocycles. The first-order valence-electron chi connectivity index (χ1n) is 12.8. The number of hydrogen-bond acceptors (Lipinski definition) is 0. The van der Waals surface area contributed by atoms with E-state index in [4.69, 9.17) is 0 Å². The van der Waals surface area contributed by atoms with Crippen LogP contribution < -0.4 is 0 Å². The monoisotopic (exact) mass is 549 g/mol. The van der Waals surface area contributed by atoms with Gasteiger partial charge in [-0.25, -0.2) is 0 Å². The summed E-state index contributed by atoms with van der Waals surface area (Å²) in [5.74, 6) is 0. The molecule has 0 saturated heterocycles. The van der Waals surface area contributed by atoms with Crippen LogP contribution in [-0.2, 0) is 0 Å². The fourth-order valence-electron chi connectivity index (χ4n) is 5.43. The molecule has 0 aliphatic heterocycles. The number of rotatable bonds is 4. The maximum Gasteiger partial charge on any atom is 0.0547 e. The molecule has 38 heavy (non-hydrogen) atoms. The van der Waals surface area contributed by atoms with Crippen LogP contribution in [0.1, 0.15) is 0 Å². The van der Waals surface area contributed by atoms with Gasteiger partial charge in [-0.2, -0.15) is 0 Å². The molecule has 2 heteroatoms. The van der Waals surface area contributed by atoms with Crippen LogP contribution in [0.4, 0.5) is 0 Å². The van der Waals surface area contributed by atoms with Crippen molar-refractivity contribution in [2.75, 3.05) is 0 Å². The van der Waals surface area contributed by atoms with Gasteiger partial charge in [-0.3, -0.25) is 0 Å². The number of fused-ring (bicyclic) bond motifs is 3. The molecule has 0 aliphatic carbocycles. The van der Waals surface area contributed by atoms with Gasteiger partial charge in [0.15, 0.2) is 0 Å². The summed E-state index contributed by atoms with van der Waals surface area (Å²) in [4.78, 5) is 0. The fraction of sp³-hybridized carbons (Fsp3) is 0. The molecule has 0 aliphatic rings. The lowest BCUT2D eigenvalue weighted by Crippen LogP contribution is -1.94. The lowest BCUT2D eigenvalue weighted by molar-refractivity contribution is 1.18. The predicted octanol–water partition coefficient (Wildman–Crippen LogP) is 10.5. The molecule has 0 radical (unpaired) electrons. The zero-order valence-electron chi connectivity index (χ0n) is 20.7. The first-order chi connectivity index (χ1) is 18.7. The molecule has 0 bridgehead atoms. The van der Waals surface area contributed by atoms with E-state index < -0.39 is 0 Å². The topological polar surface area (TPSA) is 4.93 Å². The van der Waals surface area contributed by atoms with Gasteiger partial charge in [0.2, 0.25) is 0 Å². The lowest BCUT2D eigenvalue weighted by Gasteiger charge is -2.12. The van der Waals surface area contributed by atoms with Crippen molar-refractivity contribution in [1.82, 2.24) is 4.57 Å². The average Bonchev–Trinajstić information content (AvgIpc) is 3.31. The molecule has 7 rings (SSSR count). The minimum atomic E-state index is 1.09. The largest absolute Gasteiger partial charge is 0.309 e. The molecule has 0 atom stereocenters. The summed E-state index contributed by atoms with van der Waals surface area (Å²) in [6.45, 7) is 0. The summed E-state index contributed by atoms with van der Waals surface area (Å²) in [7, 11) is 0. The van der Waals surface area contributed by atoms with Gasteiger partial charge in [-0.1, -0.05) is 119 Å². The number of nitrogens with zero attached hydrogens (tertiary/aromatic N) is 1. The van der Waals surface area contributed by atoms with Crippen molar-refractivity contribution < 1.29 is 0 Å². The summed E-state index contributed by atoms with van der Waals surface area (Å²) in [5.41, 5.74) is 10.9. The molecule has 0 unspecified atom stereocenters. The van der Waals surface area contributed by atoms with Gasteiger partial charge < -0.3 is 4.57 Å². The Hall–Kier alpha value is -4.40. The minimum Gasteiger partial charge on any atom is -0.309 e. The lowest BCUT2D eigenvalue weighted by atomic mass is 9.98. The van der Waals surface area contributed by atoms with E-state index in [2.05, 4.69) is 166 Å². The first-order valence-corrected chi connectivity index (χ1v) is 13.6. The third-order valence-electron chi connectivity index (χ3n) is 7.24. The molecular weight excluding hydrogens is 526 g/mol. The van der Waals surface area contributed by atoms with Crippen molar-refractivity contribution in [3.8, 4) is 39.1 Å². The SMILES string of the molecule is Brc1cccc(-c2cccc(-c3ccc4c5ccccc5n(-c5cccc(-c6ccccc6)c5)c4c3)c2)c1. The Bertz CT molecular complexity index is 1930. The van der Waals surface area contributed by atoms with Crippen molar-refractivity contribution in [2.24, 2.45) is 0 Å². The number of hydrogen-bond donors (Lipinski definition) is 0. The summed E-state index contributed by atoms with van der Waals surface area (Å²) in [5, 5.41) is 2.53. The highest BCUT2D eigenvalue weighted by molar-refractivity contribution is 9.10. The number of aromatic nitrogens is 1. The molecule has 7 aromatic rings. The van der Waals surface area contributed by atoms with Crippen molar-refractivity contribution in [2.45, 2.75) is 0 Å². The summed E-state index contributed by atoms with van der Waals surface area (Å²) >= 11 is 3.61. The van der Waals surface area contributed by atoms with Gasteiger partial charge in [0, 0.05) is 20.9 Å². The first kappa shape index (κ1) is 22.8. The molecule has 6 aromatic carbocycles. The molecule has 0 fully saturated rings. The highest BCUT2D eigenvalue weighted by Crippen LogP contribution is 2.36. The van der Waals surface area contributed by atoms with Crippen molar-refractivity contribution in [3.63, 3.8) is 0 Å². The third-order valence-corrected chi connectivity index (χ3v) is 7.73. The predicted molar refractivity (Wildman–Crippen MR) is 165 cm³/mol. The van der Waals surface area contributed by atoms with Crippen molar-refractivity contribution in [1.29, 1.82) is 0 Å². The highest BCUT2D eigenvalue weighted by atomic mass is 79.9. The van der Waals surface area contributed by atoms with Crippen molar-refractivity contribution >= 4 is 37.7 Å². The van der Waals surface area contributed by atoms with Crippen LogP contribution in [-0.4, -0.2) is 4.57 Å². The van der Waals surface area contributed by atoms with Gasteiger partial charge in [0.05, 0.1) is 11.0 Å². The molecule has 180 valence electrons. The smallest absolute Gasteiger partial charge is 0.0547 e. The zero-order valence-corrected chi connectivity index (χ0v) is 22.3. The molecule has 1 heterocycles. The summed E-state index contributed by atoms with van der Waals surface area (Å²) in [6.07, 6.45) is 0. The van der Waals surface area contributed by atoms with E-state index in [0.717, 1.165) is 10.2 Å². The maximum absolute atomic E-state index is 3.61. The Morgan fingerprint density at radius 1 is 0.368 bits per heavy atom. The van der Waals surface area contributed by atoms with E-state index in [-0.39, 0.29) is 0 Å². The van der Waals surface area contributed by atoms with Crippen LogP contribution in [0.15, 0.2) is 150 Å². The molecule has 0 amide bonds. The van der Waals surface area contributed by atoms with E-state index in [0.29, 0.717) is 0 Å². The highest BCUT2D eigenvalue weighted by Gasteiger charge is 2.14. The summed E-state index contributed by atoms with van der Waals surface area (Å²) in [6, 6.07) is 52.3. The number of para-hydroxylation sites is 1. The van der Waals surface area contributed by atoms with Gasteiger partial charge in [0.1, 0.15) is 0 Å². The Morgan fingerprint density at radius 3 is 1.74 bits per heavy atom. The van der Waals surface area contributed by atoms with Crippen LogP contribution >= 0.6 is 15.9 Å². The van der Waals surface area contributed by atoms with Crippen LogP contribution in [0.3, 0.4) is 0 Å². The van der Waals surface area contributed by atoms with Crippen LogP contribution in [0, 0.1) is 0 Å². The second-order valence-corrected chi connectivity index (χ2v) is 10.5. The van der Waals surface area contributed by atoms with E-state index in [1.807, 2.05) is 0 Å². The Kier molecular flexibility index (Phi) is 5.68. The minimum absolute atomic E-state index is 1.09. The molecule has 1 nitrogen and oxygen atoms in total. The normalized spacial score (nSPS) is 11.3. The van der Waals surface area contributed by atoms with Crippen molar-refractivity contribution in [3.05, 3.63) is 150 Å². The Labute approximate surface area is 230 Å². The molecular formula is C36H24BrN.